The zero-order valence-electron chi connectivity index (χ0n) is 11.7. The molecule has 1 aromatic heterocycles. The summed E-state index contributed by atoms with van der Waals surface area (Å²) in [7, 11) is 1.54. The van der Waals surface area contributed by atoms with Crippen molar-refractivity contribution in [2.75, 3.05) is 12.0 Å². The zero-order chi connectivity index (χ0) is 14.4. The summed E-state index contributed by atoms with van der Waals surface area (Å²) in [5.41, 5.74) is 1.89. The van der Waals surface area contributed by atoms with Gasteiger partial charge in [-0.05, 0) is 24.6 Å². The highest BCUT2D eigenvalue weighted by atomic mass is 16.5. The standard InChI is InChI=1S/C16H18N2O2/c1-13(20-2)16(19)18(15-8-10-17-11-9-15)12-14-6-4-3-5-7-14/h3-11,13H,12H2,1-2H3. The number of carbonyl (C=O) groups is 1. The van der Waals surface area contributed by atoms with Crippen molar-refractivity contribution in [2.45, 2.75) is 19.6 Å². The molecule has 2 rings (SSSR count). The van der Waals surface area contributed by atoms with E-state index in [0.29, 0.717) is 6.54 Å². The lowest BCUT2D eigenvalue weighted by atomic mass is 10.2. The van der Waals surface area contributed by atoms with Gasteiger partial charge in [-0.25, -0.2) is 0 Å². The first kappa shape index (κ1) is 14.2. The highest BCUT2D eigenvalue weighted by molar-refractivity contribution is 5.96. The number of anilines is 1. The highest BCUT2D eigenvalue weighted by Crippen LogP contribution is 2.18. The first-order valence-electron chi connectivity index (χ1n) is 6.50. The third kappa shape index (κ3) is 3.42. The molecular weight excluding hydrogens is 252 g/mol. The summed E-state index contributed by atoms with van der Waals surface area (Å²) in [6.07, 6.45) is 2.88. The Labute approximate surface area is 119 Å². The number of aromatic nitrogens is 1. The lowest BCUT2D eigenvalue weighted by molar-refractivity contribution is -0.127. The number of hydrogen-bond donors (Lipinski definition) is 0. The van der Waals surface area contributed by atoms with Gasteiger partial charge in [0.1, 0.15) is 6.10 Å². The van der Waals surface area contributed by atoms with Crippen molar-refractivity contribution in [1.82, 2.24) is 4.98 Å². The van der Waals surface area contributed by atoms with Gasteiger partial charge in [0.05, 0.1) is 6.54 Å². The maximum Gasteiger partial charge on any atom is 0.256 e. The Bertz CT molecular complexity index is 543. The second-order valence-electron chi connectivity index (χ2n) is 4.49. The van der Waals surface area contributed by atoms with Crippen LogP contribution in [-0.4, -0.2) is 24.1 Å². The van der Waals surface area contributed by atoms with Gasteiger partial charge in [0.2, 0.25) is 0 Å². The van der Waals surface area contributed by atoms with E-state index in [1.54, 1.807) is 24.2 Å². The van der Waals surface area contributed by atoms with Crippen molar-refractivity contribution in [1.29, 1.82) is 0 Å². The van der Waals surface area contributed by atoms with E-state index in [-0.39, 0.29) is 5.91 Å². The molecule has 1 heterocycles. The van der Waals surface area contributed by atoms with Crippen molar-refractivity contribution in [3.63, 3.8) is 0 Å². The van der Waals surface area contributed by atoms with E-state index in [0.717, 1.165) is 11.3 Å². The summed E-state index contributed by atoms with van der Waals surface area (Å²) in [4.78, 5) is 18.2. The van der Waals surface area contributed by atoms with Crippen LogP contribution in [0.5, 0.6) is 0 Å². The highest BCUT2D eigenvalue weighted by Gasteiger charge is 2.21. The molecule has 4 heteroatoms. The fraction of sp³-hybridized carbons (Fsp3) is 0.250. The molecule has 0 fully saturated rings. The molecule has 1 aromatic carbocycles. The molecule has 104 valence electrons. The number of pyridine rings is 1. The minimum Gasteiger partial charge on any atom is -0.372 e. The molecule has 0 aliphatic carbocycles. The molecule has 0 saturated heterocycles. The van der Waals surface area contributed by atoms with Gasteiger partial charge in [-0.3, -0.25) is 9.78 Å². The van der Waals surface area contributed by atoms with E-state index in [9.17, 15) is 4.79 Å². The summed E-state index contributed by atoms with van der Waals surface area (Å²) in [6, 6.07) is 13.5. The van der Waals surface area contributed by atoms with E-state index < -0.39 is 6.10 Å². The maximum atomic E-state index is 12.5. The van der Waals surface area contributed by atoms with Crippen LogP contribution in [0.15, 0.2) is 54.9 Å². The second-order valence-corrected chi connectivity index (χ2v) is 4.49. The third-order valence-electron chi connectivity index (χ3n) is 3.13. The first-order chi connectivity index (χ1) is 9.72. The van der Waals surface area contributed by atoms with Gasteiger partial charge in [0, 0.05) is 25.2 Å². The first-order valence-corrected chi connectivity index (χ1v) is 6.50. The van der Waals surface area contributed by atoms with Crippen LogP contribution in [0.25, 0.3) is 0 Å². The molecule has 1 amide bonds. The average molecular weight is 270 g/mol. The van der Waals surface area contributed by atoms with E-state index in [4.69, 9.17) is 4.74 Å². The Balaban J connectivity index is 2.27. The molecule has 0 radical (unpaired) electrons. The number of rotatable bonds is 5. The molecule has 0 aliphatic rings. The summed E-state index contributed by atoms with van der Waals surface area (Å²) in [5.74, 6) is -0.0671. The van der Waals surface area contributed by atoms with Crippen molar-refractivity contribution >= 4 is 11.6 Å². The van der Waals surface area contributed by atoms with E-state index in [2.05, 4.69) is 4.98 Å². The average Bonchev–Trinajstić information content (AvgIpc) is 2.53. The normalized spacial score (nSPS) is 11.9. The molecular formula is C16H18N2O2. The Morgan fingerprint density at radius 2 is 1.85 bits per heavy atom. The van der Waals surface area contributed by atoms with Crippen LogP contribution < -0.4 is 4.90 Å². The van der Waals surface area contributed by atoms with Gasteiger partial charge in [-0.2, -0.15) is 0 Å². The Kier molecular flexibility index (Phi) is 4.85. The Morgan fingerprint density at radius 3 is 2.45 bits per heavy atom. The van der Waals surface area contributed by atoms with Crippen LogP contribution >= 0.6 is 0 Å². The number of nitrogens with zero attached hydrogens (tertiary/aromatic N) is 2. The fourth-order valence-corrected chi connectivity index (χ4v) is 1.91. The van der Waals surface area contributed by atoms with Crippen molar-refractivity contribution < 1.29 is 9.53 Å². The van der Waals surface area contributed by atoms with E-state index in [1.807, 2.05) is 42.5 Å². The zero-order valence-corrected chi connectivity index (χ0v) is 11.7. The van der Waals surface area contributed by atoms with Crippen molar-refractivity contribution in [2.24, 2.45) is 0 Å². The number of methoxy groups -OCH3 is 1. The lowest BCUT2D eigenvalue weighted by Crippen LogP contribution is -2.38. The quantitative estimate of drug-likeness (QED) is 0.838. The lowest BCUT2D eigenvalue weighted by Gasteiger charge is -2.25. The largest absolute Gasteiger partial charge is 0.372 e. The molecule has 0 N–H and O–H groups in total. The van der Waals surface area contributed by atoms with Crippen LogP contribution in [0.4, 0.5) is 5.69 Å². The van der Waals surface area contributed by atoms with E-state index in [1.165, 1.54) is 7.11 Å². The minimum absolute atomic E-state index is 0.0671. The predicted octanol–water partition coefficient (Wildman–Crippen LogP) is 2.65. The Hall–Kier alpha value is -2.20. The van der Waals surface area contributed by atoms with E-state index >= 15 is 0 Å². The molecule has 1 atom stereocenters. The molecule has 1 unspecified atom stereocenters. The summed E-state index contributed by atoms with van der Waals surface area (Å²) in [6.45, 7) is 2.26. The van der Waals surface area contributed by atoms with Gasteiger partial charge < -0.3 is 9.64 Å². The maximum absolute atomic E-state index is 12.5. The number of carbonyl (C=O) groups excluding carboxylic acids is 1. The van der Waals surface area contributed by atoms with Crippen LogP contribution in [-0.2, 0) is 16.1 Å². The molecule has 2 aromatic rings. The summed E-state index contributed by atoms with van der Waals surface area (Å²) < 4.78 is 5.15. The third-order valence-corrected chi connectivity index (χ3v) is 3.13. The second kappa shape index (κ2) is 6.82. The smallest absolute Gasteiger partial charge is 0.256 e. The minimum atomic E-state index is -0.480. The van der Waals surface area contributed by atoms with Gasteiger partial charge in [0.15, 0.2) is 0 Å². The fourth-order valence-electron chi connectivity index (χ4n) is 1.91. The van der Waals surface area contributed by atoms with Gasteiger partial charge in [-0.15, -0.1) is 0 Å². The molecule has 0 aliphatic heterocycles. The van der Waals surface area contributed by atoms with Gasteiger partial charge in [0.25, 0.3) is 5.91 Å². The number of amides is 1. The number of benzene rings is 1. The SMILES string of the molecule is COC(C)C(=O)N(Cc1ccccc1)c1ccncc1. The molecule has 0 spiro atoms. The van der Waals surface area contributed by atoms with Gasteiger partial charge in [-0.1, -0.05) is 30.3 Å². The van der Waals surface area contributed by atoms with Crippen molar-refractivity contribution in [3.8, 4) is 0 Å². The summed E-state index contributed by atoms with van der Waals surface area (Å²) in [5, 5.41) is 0. The molecule has 0 saturated carbocycles. The molecule has 0 bridgehead atoms. The summed E-state index contributed by atoms with van der Waals surface area (Å²) >= 11 is 0. The molecule has 20 heavy (non-hydrogen) atoms. The Morgan fingerprint density at radius 1 is 1.20 bits per heavy atom. The van der Waals surface area contributed by atoms with Crippen LogP contribution in [0, 0.1) is 0 Å². The topological polar surface area (TPSA) is 42.4 Å². The van der Waals surface area contributed by atoms with Gasteiger partial charge >= 0.3 is 0 Å². The van der Waals surface area contributed by atoms with Crippen LogP contribution in [0.2, 0.25) is 0 Å². The van der Waals surface area contributed by atoms with Crippen LogP contribution in [0.3, 0.4) is 0 Å². The number of hydrogen-bond acceptors (Lipinski definition) is 3. The predicted molar refractivity (Wildman–Crippen MR) is 78.3 cm³/mol. The molecule has 4 nitrogen and oxygen atoms in total. The number of ether oxygens (including phenoxy) is 1. The van der Waals surface area contributed by atoms with Crippen molar-refractivity contribution in [3.05, 3.63) is 60.4 Å². The van der Waals surface area contributed by atoms with Crippen LogP contribution in [0.1, 0.15) is 12.5 Å². The monoisotopic (exact) mass is 270 g/mol.